The van der Waals surface area contributed by atoms with Crippen LogP contribution in [-0.4, -0.2) is 44.7 Å². The molecule has 74 valence electrons. The lowest BCUT2D eigenvalue weighted by molar-refractivity contribution is -0.160. The number of aliphatic hydroxyl groups is 4. The summed E-state index contributed by atoms with van der Waals surface area (Å²) in [5.74, 6) is -2.82. The molecule has 0 saturated carbocycles. The Labute approximate surface area is 73.7 Å². The van der Waals surface area contributed by atoms with Gasteiger partial charge in [-0.3, -0.25) is 0 Å². The second kappa shape index (κ2) is 2.90. The van der Waals surface area contributed by atoms with Crippen molar-refractivity contribution in [2.75, 3.05) is 6.61 Å². The van der Waals surface area contributed by atoms with Crippen molar-refractivity contribution < 1.29 is 30.0 Å². The summed E-state index contributed by atoms with van der Waals surface area (Å²) >= 11 is 0. The van der Waals surface area contributed by atoms with E-state index < -0.39 is 35.8 Å². The molecule has 1 aliphatic rings. The molecule has 0 bridgehead atoms. The van der Waals surface area contributed by atoms with E-state index >= 15 is 0 Å². The Kier molecular flexibility index (Phi) is 2.19. The minimum absolute atomic E-state index is 0.693. The van der Waals surface area contributed by atoms with Gasteiger partial charge in [-0.15, -0.1) is 0 Å². The van der Waals surface area contributed by atoms with Crippen molar-refractivity contribution in [1.29, 1.82) is 0 Å². The predicted octanol–water partition coefficient (Wildman–Crippen LogP) is -1.02. The average molecular weight is 190 g/mol. The molecule has 6 heteroatoms. The summed E-state index contributed by atoms with van der Waals surface area (Å²) in [6, 6.07) is 0. The van der Waals surface area contributed by atoms with Gasteiger partial charge >= 0.3 is 5.97 Å². The molecule has 0 radical (unpaired) electrons. The SMILES string of the molecule is C[C@]1([C@@H](O)CO)OC(=O)C(O)=C1O. The quantitative estimate of drug-likeness (QED) is 0.415. The summed E-state index contributed by atoms with van der Waals surface area (Å²) in [4.78, 5) is 10.7. The second-order valence-corrected chi connectivity index (χ2v) is 2.89. The van der Waals surface area contributed by atoms with Crippen LogP contribution in [0.25, 0.3) is 0 Å². The Bertz CT molecular complexity index is 270. The van der Waals surface area contributed by atoms with Crippen LogP contribution in [0.3, 0.4) is 0 Å². The van der Waals surface area contributed by atoms with Crippen LogP contribution in [0.5, 0.6) is 0 Å². The van der Waals surface area contributed by atoms with E-state index in [1.807, 2.05) is 0 Å². The molecule has 2 atom stereocenters. The van der Waals surface area contributed by atoms with E-state index in [0.717, 1.165) is 0 Å². The summed E-state index contributed by atoms with van der Waals surface area (Å²) in [6.07, 6.45) is -1.47. The van der Waals surface area contributed by atoms with Crippen LogP contribution < -0.4 is 0 Å². The molecule has 0 aromatic carbocycles. The molecular formula is C7H10O6. The molecule has 0 aromatic heterocycles. The Morgan fingerprint density at radius 1 is 1.54 bits per heavy atom. The maximum absolute atomic E-state index is 10.7. The molecule has 1 rings (SSSR count). The Morgan fingerprint density at radius 2 is 2.08 bits per heavy atom. The van der Waals surface area contributed by atoms with Gasteiger partial charge < -0.3 is 25.2 Å². The van der Waals surface area contributed by atoms with Gasteiger partial charge in [0.25, 0.3) is 0 Å². The molecule has 4 N–H and O–H groups in total. The molecule has 0 unspecified atom stereocenters. The van der Waals surface area contributed by atoms with Crippen molar-refractivity contribution in [2.45, 2.75) is 18.6 Å². The fourth-order valence-electron chi connectivity index (χ4n) is 1.02. The molecule has 6 nitrogen and oxygen atoms in total. The normalized spacial score (nSPS) is 30.5. The number of carbonyl (C=O) groups excluding carboxylic acids is 1. The highest BCUT2D eigenvalue weighted by Crippen LogP contribution is 2.32. The van der Waals surface area contributed by atoms with Crippen molar-refractivity contribution in [3.05, 3.63) is 11.5 Å². The average Bonchev–Trinajstić information content (AvgIpc) is 2.30. The fourth-order valence-corrected chi connectivity index (χ4v) is 1.02. The second-order valence-electron chi connectivity index (χ2n) is 2.89. The Hall–Kier alpha value is -1.27. The summed E-state index contributed by atoms with van der Waals surface area (Å²) < 4.78 is 4.50. The number of aliphatic hydroxyl groups excluding tert-OH is 4. The number of ether oxygens (including phenoxy) is 1. The number of hydrogen-bond acceptors (Lipinski definition) is 6. The van der Waals surface area contributed by atoms with Crippen molar-refractivity contribution in [1.82, 2.24) is 0 Å². The maximum atomic E-state index is 10.7. The lowest BCUT2D eigenvalue weighted by Gasteiger charge is -2.26. The van der Waals surface area contributed by atoms with Crippen LogP contribution in [0.15, 0.2) is 11.5 Å². The summed E-state index contributed by atoms with van der Waals surface area (Å²) in [7, 11) is 0. The zero-order valence-corrected chi connectivity index (χ0v) is 6.89. The van der Waals surface area contributed by atoms with E-state index in [1.165, 1.54) is 6.92 Å². The van der Waals surface area contributed by atoms with Gasteiger partial charge in [-0.2, -0.15) is 0 Å². The lowest BCUT2D eigenvalue weighted by Crippen LogP contribution is -2.44. The topological polar surface area (TPSA) is 107 Å². The molecular weight excluding hydrogens is 180 g/mol. The molecule has 0 aromatic rings. The highest BCUT2D eigenvalue weighted by Gasteiger charge is 2.50. The number of carbonyl (C=O) groups is 1. The zero-order valence-electron chi connectivity index (χ0n) is 6.89. The van der Waals surface area contributed by atoms with Gasteiger partial charge in [-0.25, -0.2) is 4.79 Å². The lowest BCUT2D eigenvalue weighted by atomic mass is 9.98. The van der Waals surface area contributed by atoms with Crippen LogP contribution in [0.4, 0.5) is 0 Å². The molecule has 0 fully saturated rings. The first-order chi connectivity index (χ1) is 5.93. The highest BCUT2D eigenvalue weighted by atomic mass is 16.6. The zero-order chi connectivity index (χ0) is 10.2. The minimum Gasteiger partial charge on any atom is -0.505 e. The van der Waals surface area contributed by atoms with E-state index in [0.29, 0.717) is 0 Å². The largest absolute Gasteiger partial charge is 0.505 e. The third-order valence-corrected chi connectivity index (χ3v) is 2.00. The van der Waals surface area contributed by atoms with Crippen LogP contribution in [0, 0.1) is 0 Å². The van der Waals surface area contributed by atoms with Crippen LogP contribution >= 0.6 is 0 Å². The van der Waals surface area contributed by atoms with E-state index in [2.05, 4.69) is 4.74 Å². The number of rotatable bonds is 2. The van der Waals surface area contributed by atoms with Gasteiger partial charge in [-0.05, 0) is 6.92 Å². The first-order valence-corrected chi connectivity index (χ1v) is 3.58. The van der Waals surface area contributed by atoms with Crippen LogP contribution in [-0.2, 0) is 9.53 Å². The molecule has 1 aliphatic heterocycles. The molecule has 0 saturated heterocycles. The van der Waals surface area contributed by atoms with Crippen molar-refractivity contribution in [3.8, 4) is 0 Å². The number of cyclic esters (lactones) is 1. The van der Waals surface area contributed by atoms with E-state index in [9.17, 15) is 15.0 Å². The van der Waals surface area contributed by atoms with Crippen molar-refractivity contribution in [3.63, 3.8) is 0 Å². The molecule has 0 amide bonds. The van der Waals surface area contributed by atoms with Crippen LogP contribution in [0.1, 0.15) is 6.92 Å². The molecule has 0 aliphatic carbocycles. The van der Waals surface area contributed by atoms with Gasteiger partial charge in [0.1, 0.15) is 6.10 Å². The van der Waals surface area contributed by atoms with E-state index in [-0.39, 0.29) is 0 Å². The monoisotopic (exact) mass is 190 g/mol. The summed E-state index contributed by atoms with van der Waals surface area (Å²) in [5.41, 5.74) is -1.75. The highest BCUT2D eigenvalue weighted by molar-refractivity contribution is 5.89. The molecule has 13 heavy (non-hydrogen) atoms. The first kappa shape index (κ1) is 9.82. The van der Waals surface area contributed by atoms with Crippen molar-refractivity contribution in [2.24, 2.45) is 0 Å². The summed E-state index contributed by atoms with van der Waals surface area (Å²) in [6.45, 7) is 0.492. The van der Waals surface area contributed by atoms with Crippen molar-refractivity contribution >= 4 is 5.97 Å². The van der Waals surface area contributed by atoms with E-state index in [4.69, 9.17) is 10.2 Å². The minimum atomic E-state index is -1.75. The van der Waals surface area contributed by atoms with Gasteiger partial charge in [0.2, 0.25) is 5.76 Å². The Balaban J connectivity index is 3.03. The van der Waals surface area contributed by atoms with Crippen LogP contribution in [0.2, 0.25) is 0 Å². The standard InChI is InChI=1S/C7H10O6/c1-7(3(9)2-8)5(11)4(10)6(12)13-7/h3,8-11H,2H2,1H3/t3-,7+/m0/s1. The van der Waals surface area contributed by atoms with E-state index in [1.54, 1.807) is 0 Å². The van der Waals surface area contributed by atoms with Gasteiger partial charge in [0, 0.05) is 0 Å². The Morgan fingerprint density at radius 3 is 2.38 bits per heavy atom. The third kappa shape index (κ3) is 1.24. The number of esters is 1. The predicted molar refractivity (Wildman–Crippen MR) is 39.9 cm³/mol. The fraction of sp³-hybridized carbons (Fsp3) is 0.571. The smallest absolute Gasteiger partial charge is 0.378 e. The summed E-state index contributed by atoms with van der Waals surface area (Å²) in [5, 5.41) is 35.9. The molecule has 0 spiro atoms. The molecule has 1 heterocycles. The third-order valence-electron chi connectivity index (χ3n) is 2.00. The van der Waals surface area contributed by atoms with Gasteiger partial charge in [0.05, 0.1) is 6.61 Å². The van der Waals surface area contributed by atoms with Gasteiger partial charge in [0.15, 0.2) is 11.4 Å². The maximum Gasteiger partial charge on any atom is 0.378 e. The number of hydrogen-bond donors (Lipinski definition) is 4. The van der Waals surface area contributed by atoms with Gasteiger partial charge in [-0.1, -0.05) is 0 Å². The first-order valence-electron chi connectivity index (χ1n) is 3.58.